The summed E-state index contributed by atoms with van der Waals surface area (Å²) >= 11 is 0. The van der Waals surface area contributed by atoms with E-state index in [2.05, 4.69) is 15.2 Å². The second kappa shape index (κ2) is 6.06. The number of hydrogen-bond acceptors (Lipinski definition) is 4. The number of aromatic nitrogens is 2. The molecule has 0 aromatic carbocycles. The van der Waals surface area contributed by atoms with Crippen LogP contribution < -0.4 is 5.32 Å². The Hall–Kier alpha value is -1.20. The maximum Gasteiger partial charge on any atom is 0.157 e. The average molecular weight is 276 g/mol. The van der Waals surface area contributed by atoms with Crippen molar-refractivity contribution in [1.82, 2.24) is 19.8 Å². The topological polar surface area (TPSA) is 50.2 Å². The number of nitrogens with one attached hydrogen (secondary N) is 1. The van der Waals surface area contributed by atoms with Crippen molar-refractivity contribution in [3.05, 3.63) is 18.2 Å². The van der Waals surface area contributed by atoms with E-state index in [1.54, 1.807) is 6.20 Å². The third-order valence-corrected chi connectivity index (χ3v) is 4.70. The highest BCUT2D eigenvalue weighted by atomic mass is 16.1. The number of likely N-dealkylation sites (tertiary alicyclic amines) is 1. The van der Waals surface area contributed by atoms with Crippen molar-refractivity contribution >= 4 is 5.78 Å². The summed E-state index contributed by atoms with van der Waals surface area (Å²) in [5.41, 5.74) is 0. The molecule has 5 heteroatoms. The molecule has 0 amide bonds. The molecular weight excluding hydrogens is 252 g/mol. The molecule has 5 nitrogen and oxygen atoms in total. The molecule has 1 aromatic heterocycles. The SMILES string of the molecule is Cn1ccnc1CC(=O)C1CCCN1C1CCNCC1. The van der Waals surface area contributed by atoms with Crippen molar-refractivity contribution in [3.8, 4) is 0 Å². The molecule has 0 spiro atoms. The van der Waals surface area contributed by atoms with E-state index in [-0.39, 0.29) is 6.04 Å². The molecule has 2 aliphatic rings. The van der Waals surface area contributed by atoms with Gasteiger partial charge in [-0.25, -0.2) is 4.98 Å². The minimum absolute atomic E-state index is 0.120. The number of carbonyl (C=O) groups excluding carboxylic acids is 1. The van der Waals surface area contributed by atoms with Crippen molar-refractivity contribution in [3.63, 3.8) is 0 Å². The number of ketones is 1. The van der Waals surface area contributed by atoms with Gasteiger partial charge in [-0.1, -0.05) is 0 Å². The smallest absolute Gasteiger partial charge is 0.157 e. The zero-order valence-electron chi connectivity index (χ0n) is 12.2. The van der Waals surface area contributed by atoms with Crippen LogP contribution in [0.1, 0.15) is 31.5 Å². The summed E-state index contributed by atoms with van der Waals surface area (Å²) in [5, 5.41) is 3.40. The van der Waals surface area contributed by atoms with Crippen molar-refractivity contribution in [2.75, 3.05) is 19.6 Å². The van der Waals surface area contributed by atoms with E-state index in [9.17, 15) is 4.79 Å². The number of aryl methyl sites for hydroxylation is 1. The summed E-state index contributed by atoms with van der Waals surface area (Å²) in [7, 11) is 1.95. The summed E-state index contributed by atoms with van der Waals surface area (Å²) < 4.78 is 1.95. The van der Waals surface area contributed by atoms with Crippen LogP contribution in [0, 0.1) is 0 Å². The van der Waals surface area contributed by atoms with Crippen LogP contribution in [-0.4, -0.2) is 52.0 Å². The lowest BCUT2D eigenvalue weighted by atomic mass is 10.0. The van der Waals surface area contributed by atoms with Gasteiger partial charge in [0.15, 0.2) is 5.78 Å². The van der Waals surface area contributed by atoms with E-state index in [4.69, 9.17) is 0 Å². The summed E-state index contributed by atoms with van der Waals surface area (Å²) in [6.45, 7) is 3.25. The van der Waals surface area contributed by atoms with Crippen LogP contribution in [-0.2, 0) is 18.3 Å². The van der Waals surface area contributed by atoms with Crippen molar-refractivity contribution in [2.45, 2.75) is 44.2 Å². The standard InChI is InChI=1S/C15H24N4O/c1-18-10-8-17-15(18)11-14(20)13-3-2-9-19(13)12-4-6-16-7-5-12/h8,10,12-13,16H,2-7,9,11H2,1H3. The number of carbonyl (C=O) groups is 1. The van der Waals surface area contributed by atoms with Gasteiger partial charge in [0.05, 0.1) is 12.5 Å². The fraction of sp³-hybridized carbons (Fsp3) is 0.733. The van der Waals surface area contributed by atoms with Crippen molar-refractivity contribution in [1.29, 1.82) is 0 Å². The fourth-order valence-corrected chi connectivity index (χ4v) is 3.55. The van der Waals surface area contributed by atoms with Gasteiger partial charge in [0, 0.05) is 25.5 Å². The average Bonchev–Trinajstić information content (AvgIpc) is 3.09. The van der Waals surface area contributed by atoms with E-state index in [0.29, 0.717) is 18.2 Å². The second-order valence-electron chi connectivity index (χ2n) is 5.97. The Balaban J connectivity index is 1.65. The third-order valence-electron chi connectivity index (χ3n) is 4.70. The molecule has 3 rings (SSSR count). The van der Waals surface area contributed by atoms with E-state index in [1.165, 1.54) is 12.8 Å². The monoisotopic (exact) mass is 276 g/mol. The van der Waals surface area contributed by atoms with Crippen LogP contribution in [0.3, 0.4) is 0 Å². The molecule has 0 radical (unpaired) electrons. The molecule has 1 unspecified atom stereocenters. The van der Waals surface area contributed by atoms with Gasteiger partial charge in [-0.3, -0.25) is 9.69 Å². The van der Waals surface area contributed by atoms with E-state index < -0.39 is 0 Å². The lowest BCUT2D eigenvalue weighted by Crippen LogP contribution is -2.48. The molecule has 0 saturated carbocycles. The Morgan fingerprint density at radius 3 is 2.90 bits per heavy atom. The predicted molar refractivity (Wildman–Crippen MR) is 77.5 cm³/mol. The molecule has 20 heavy (non-hydrogen) atoms. The number of imidazole rings is 1. The first-order valence-corrected chi connectivity index (χ1v) is 7.71. The van der Waals surface area contributed by atoms with Crippen LogP contribution in [0.15, 0.2) is 12.4 Å². The van der Waals surface area contributed by atoms with Gasteiger partial charge in [0.2, 0.25) is 0 Å². The predicted octanol–water partition coefficient (Wildman–Crippen LogP) is 0.748. The second-order valence-corrected chi connectivity index (χ2v) is 5.97. The van der Waals surface area contributed by atoms with Gasteiger partial charge in [0.1, 0.15) is 5.82 Å². The molecule has 3 heterocycles. The van der Waals surface area contributed by atoms with Gasteiger partial charge in [0.25, 0.3) is 0 Å². The maximum atomic E-state index is 12.6. The van der Waals surface area contributed by atoms with E-state index in [1.807, 2.05) is 17.8 Å². The molecule has 1 aromatic rings. The lowest BCUT2D eigenvalue weighted by molar-refractivity contribution is -0.123. The van der Waals surface area contributed by atoms with Crippen LogP contribution in [0.5, 0.6) is 0 Å². The summed E-state index contributed by atoms with van der Waals surface area (Å²) in [6.07, 6.45) is 8.66. The Morgan fingerprint density at radius 2 is 2.20 bits per heavy atom. The highest BCUT2D eigenvalue weighted by Gasteiger charge is 2.35. The molecular formula is C15H24N4O. The summed E-state index contributed by atoms with van der Waals surface area (Å²) in [6, 6.07) is 0.712. The first kappa shape index (κ1) is 13.8. The van der Waals surface area contributed by atoms with Crippen molar-refractivity contribution in [2.24, 2.45) is 7.05 Å². The summed E-state index contributed by atoms with van der Waals surface area (Å²) in [5.74, 6) is 1.22. The zero-order chi connectivity index (χ0) is 13.9. The van der Waals surface area contributed by atoms with Gasteiger partial charge < -0.3 is 9.88 Å². The normalized spacial score (nSPS) is 25.1. The Bertz CT molecular complexity index is 464. The van der Waals surface area contributed by atoms with Crippen LogP contribution in [0.2, 0.25) is 0 Å². The Labute approximate surface area is 120 Å². The number of piperidine rings is 1. The Kier molecular flexibility index (Phi) is 4.17. The Morgan fingerprint density at radius 1 is 1.40 bits per heavy atom. The number of Topliss-reactive ketones (excluding diaryl/α,β-unsaturated/α-hetero) is 1. The number of hydrogen-bond donors (Lipinski definition) is 1. The van der Waals surface area contributed by atoms with Gasteiger partial charge in [-0.2, -0.15) is 0 Å². The number of rotatable bonds is 4. The quantitative estimate of drug-likeness (QED) is 0.881. The minimum Gasteiger partial charge on any atom is -0.338 e. The van der Waals surface area contributed by atoms with Crippen molar-refractivity contribution < 1.29 is 4.79 Å². The lowest BCUT2D eigenvalue weighted by Gasteiger charge is -2.35. The first-order chi connectivity index (χ1) is 9.75. The van der Waals surface area contributed by atoms with E-state index >= 15 is 0 Å². The van der Waals surface area contributed by atoms with Crippen LogP contribution in [0.25, 0.3) is 0 Å². The zero-order valence-corrected chi connectivity index (χ0v) is 12.2. The highest BCUT2D eigenvalue weighted by Crippen LogP contribution is 2.25. The van der Waals surface area contributed by atoms with Gasteiger partial charge in [-0.05, 0) is 45.3 Å². The molecule has 0 bridgehead atoms. The van der Waals surface area contributed by atoms with Crippen LogP contribution in [0.4, 0.5) is 0 Å². The molecule has 2 aliphatic heterocycles. The number of nitrogens with zero attached hydrogens (tertiary/aromatic N) is 3. The van der Waals surface area contributed by atoms with Gasteiger partial charge in [-0.15, -0.1) is 0 Å². The molecule has 1 N–H and O–H groups in total. The third kappa shape index (κ3) is 2.79. The molecule has 110 valence electrons. The molecule has 2 saturated heterocycles. The highest BCUT2D eigenvalue weighted by molar-refractivity contribution is 5.85. The fourth-order valence-electron chi connectivity index (χ4n) is 3.55. The minimum atomic E-state index is 0.120. The molecule has 1 atom stereocenters. The largest absolute Gasteiger partial charge is 0.338 e. The van der Waals surface area contributed by atoms with Gasteiger partial charge >= 0.3 is 0 Å². The summed E-state index contributed by atoms with van der Waals surface area (Å²) in [4.78, 5) is 19.4. The van der Waals surface area contributed by atoms with Crippen LogP contribution >= 0.6 is 0 Å². The first-order valence-electron chi connectivity index (χ1n) is 7.71. The maximum absolute atomic E-state index is 12.6. The van der Waals surface area contributed by atoms with E-state index in [0.717, 1.165) is 38.3 Å². The molecule has 0 aliphatic carbocycles. The molecule has 2 fully saturated rings.